The molecule has 5 heteroatoms. The Kier molecular flexibility index (Phi) is 2.77. The van der Waals surface area contributed by atoms with Gasteiger partial charge in [-0.05, 0) is 22.4 Å². The van der Waals surface area contributed by atoms with Crippen molar-refractivity contribution in [3.8, 4) is 0 Å². The van der Waals surface area contributed by atoms with Gasteiger partial charge in [-0.25, -0.2) is 4.98 Å². The van der Waals surface area contributed by atoms with Gasteiger partial charge in [-0.15, -0.1) is 10.2 Å². The Bertz CT molecular complexity index is 437. The molecule has 0 aliphatic heterocycles. The Labute approximate surface area is 90.5 Å². The molecule has 2 rings (SSSR count). The lowest BCUT2D eigenvalue weighted by Crippen LogP contribution is -1.95. The van der Waals surface area contributed by atoms with E-state index in [1.807, 2.05) is 10.6 Å². The maximum atomic E-state index is 4.14. The van der Waals surface area contributed by atoms with Crippen molar-refractivity contribution in [3.63, 3.8) is 0 Å². The smallest absolute Gasteiger partial charge is 0.193 e. The molecule has 0 N–H and O–H groups in total. The summed E-state index contributed by atoms with van der Waals surface area (Å²) in [5.41, 5.74) is 0.790. The van der Waals surface area contributed by atoms with Crippen molar-refractivity contribution < 1.29 is 0 Å². The van der Waals surface area contributed by atoms with Gasteiger partial charge in [0.15, 0.2) is 10.3 Å². The minimum absolute atomic E-state index is 0.746. The normalized spacial score (nSPS) is 11.0. The summed E-state index contributed by atoms with van der Waals surface area (Å²) in [7, 11) is 0. The third kappa shape index (κ3) is 1.64. The minimum Gasteiger partial charge on any atom is -0.283 e. The molecule has 0 saturated carbocycles. The van der Waals surface area contributed by atoms with Crippen LogP contribution in [0.5, 0.6) is 0 Å². The van der Waals surface area contributed by atoms with E-state index in [0.717, 1.165) is 28.9 Å². The zero-order chi connectivity index (χ0) is 9.97. The molecule has 0 unspecified atom stereocenters. The molecular formula is C9H11BrN4. The number of halogens is 1. The van der Waals surface area contributed by atoms with Crippen molar-refractivity contribution in [3.05, 3.63) is 22.8 Å². The number of aromatic nitrogens is 4. The summed E-state index contributed by atoms with van der Waals surface area (Å²) in [6, 6.07) is 0. The highest BCUT2D eigenvalue weighted by Crippen LogP contribution is 2.13. The monoisotopic (exact) mass is 254 g/mol. The second-order valence-electron chi connectivity index (χ2n) is 3.13. The van der Waals surface area contributed by atoms with Crippen LogP contribution in [0.2, 0.25) is 0 Å². The molecule has 14 heavy (non-hydrogen) atoms. The SMILES string of the molecule is CCCCc1nnc2c(Br)nccn12. The van der Waals surface area contributed by atoms with Gasteiger partial charge in [-0.3, -0.25) is 4.40 Å². The van der Waals surface area contributed by atoms with Crippen molar-refractivity contribution in [1.29, 1.82) is 0 Å². The van der Waals surface area contributed by atoms with Crippen molar-refractivity contribution >= 4 is 21.6 Å². The number of fused-ring (bicyclic) bond motifs is 1. The molecule has 0 bridgehead atoms. The van der Waals surface area contributed by atoms with Crippen LogP contribution in [0, 0.1) is 0 Å². The first-order valence-electron chi connectivity index (χ1n) is 4.67. The largest absolute Gasteiger partial charge is 0.283 e. The lowest BCUT2D eigenvalue weighted by Gasteiger charge is -1.98. The fourth-order valence-corrected chi connectivity index (χ4v) is 1.74. The van der Waals surface area contributed by atoms with E-state index in [1.165, 1.54) is 6.42 Å². The van der Waals surface area contributed by atoms with Crippen LogP contribution in [0.1, 0.15) is 25.6 Å². The van der Waals surface area contributed by atoms with E-state index in [9.17, 15) is 0 Å². The molecule has 2 heterocycles. The first-order chi connectivity index (χ1) is 6.83. The third-order valence-electron chi connectivity index (χ3n) is 2.11. The summed E-state index contributed by atoms with van der Waals surface area (Å²) in [6.45, 7) is 2.17. The molecule has 0 spiro atoms. The van der Waals surface area contributed by atoms with E-state index < -0.39 is 0 Å². The fraction of sp³-hybridized carbons (Fsp3) is 0.444. The van der Waals surface area contributed by atoms with E-state index in [-0.39, 0.29) is 0 Å². The molecular weight excluding hydrogens is 244 g/mol. The molecule has 0 amide bonds. The van der Waals surface area contributed by atoms with Crippen LogP contribution in [0.3, 0.4) is 0 Å². The number of rotatable bonds is 3. The van der Waals surface area contributed by atoms with Crippen LogP contribution < -0.4 is 0 Å². The lowest BCUT2D eigenvalue weighted by molar-refractivity contribution is 0.743. The third-order valence-corrected chi connectivity index (χ3v) is 2.67. The highest BCUT2D eigenvalue weighted by molar-refractivity contribution is 9.10. The van der Waals surface area contributed by atoms with Gasteiger partial charge in [0.25, 0.3) is 0 Å². The van der Waals surface area contributed by atoms with Crippen LogP contribution in [0.4, 0.5) is 0 Å². The van der Waals surface area contributed by atoms with E-state index in [2.05, 4.69) is 38.0 Å². The van der Waals surface area contributed by atoms with Gasteiger partial charge in [0, 0.05) is 18.8 Å². The molecule has 2 aromatic heterocycles. The van der Waals surface area contributed by atoms with Gasteiger partial charge < -0.3 is 0 Å². The molecule has 0 radical (unpaired) electrons. The van der Waals surface area contributed by atoms with Crippen molar-refractivity contribution in [1.82, 2.24) is 19.6 Å². The zero-order valence-corrected chi connectivity index (χ0v) is 9.53. The number of nitrogens with zero attached hydrogens (tertiary/aromatic N) is 4. The molecule has 0 saturated heterocycles. The lowest BCUT2D eigenvalue weighted by atomic mass is 10.2. The van der Waals surface area contributed by atoms with Crippen LogP contribution in [0.15, 0.2) is 17.0 Å². The summed E-state index contributed by atoms with van der Waals surface area (Å²) in [4.78, 5) is 4.09. The van der Waals surface area contributed by atoms with Gasteiger partial charge >= 0.3 is 0 Å². The Morgan fingerprint density at radius 3 is 3.07 bits per heavy atom. The number of unbranched alkanes of at least 4 members (excludes halogenated alkanes) is 1. The van der Waals surface area contributed by atoms with E-state index in [0.29, 0.717) is 0 Å². The number of hydrogen-bond donors (Lipinski definition) is 0. The molecule has 0 aliphatic carbocycles. The van der Waals surface area contributed by atoms with E-state index >= 15 is 0 Å². The summed E-state index contributed by atoms with van der Waals surface area (Å²) in [5, 5.41) is 8.21. The zero-order valence-electron chi connectivity index (χ0n) is 7.94. The first-order valence-corrected chi connectivity index (χ1v) is 5.46. The molecule has 0 aromatic carbocycles. The first kappa shape index (κ1) is 9.58. The predicted molar refractivity (Wildman–Crippen MR) is 57.1 cm³/mol. The van der Waals surface area contributed by atoms with Crippen molar-refractivity contribution in [2.45, 2.75) is 26.2 Å². The topological polar surface area (TPSA) is 43.1 Å². The van der Waals surface area contributed by atoms with Crippen molar-refractivity contribution in [2.75, 3.05) is 0 Å². The maximum Gasteiger partial charge on any atom is 0.193 e. The molecule has 4 nitrogen and oxygen atoms in total. The Balaban J connectivity index is 2.42. The average molecular weight is 255 g/mol. The predicted octanol–water partition coefficient (Wildman–Crippen LogP) is 2.23. The number of aryl methyl sites for hydroxylation is 1. The summed E-state index contributed by atoms with van der Waals surface area (Å²) >= 11 is 3.34. The Hall–Kier alpha value is -0.970. The number of hydrogen-bond acceptors (Lipinski definition) is 3. The molecule has 0 fully saturated rings. The quantitative estimate of drug-likeness (QED) is 0.844. The van der Waals surface area contributed by atoms with Gasteiger partial charge in [-0.1, -0.05) is 13.3 Å². The standard InChI is InChI=1S/C9H11BrN4/c1-2-3-4-7-12-13-9-8(10)11-5-6-14(7)9/h5-6H,2-4H2,1H3. The average Bonchev–Trinajstić information content (AvgIpc) is 2.60. The van der Waals surface area contributed by atoms with Crippen molar-refractivity contribution in [2.24, 2.45) is 0 Å². The molecule has 0 aliphatic rings. The second-order valence-corrected chi connectivity index (χ2v) is 3.88. The van der Waals surface area contributed by atoms with Gasteiger partial charge in [0.1, 0.15) is 5.82 Å². The van der Waals surface area contributed by atoms with E-state index in [1.54, 1.807) is 6.20 Å². The van der Waals surface area contributed by atoms with E-state index in [4.69, 9.17) is 0 Å². The molecule has 74 valence electrons. The molecule has 2 aromatic rings. The maximum absolute atomic E-state index is 4.14. The van der Waals surface area contributed by atoms with Crippen LogP contribution in [-0.2, 0) is 6.42 Å². The Morgan fingerprint density at radius 2 is 2.29 bits per heavy atom. The van der Waals surface area contributed by atoms with Crippen LogP contribution in [-0.4, -0.2) is 19.6 Å². The highest BCUT2D eigenvalue weighted by atomic mass is 79.9. The second kappa shape index (κ2) is 4.04. The summed E-state index contributed by atoms with van der Waals surface area (Å²) < 4.78 is 2.72. The molecule has 0 atom stereocenters. The van der Waals surface area contributed by atoms with Gasteiger partial charge in [0.2, 0.25) is 0 Å². The van der Waals surface area contributed by atoms with Crippen LogP contribution in [0.25, 0.3) is 5.65 Å². The van der Waals surface area contributed by atoms with Gasteiger partial charge in [-0.2, -0.15) is 0 Å². The van der Waals surface area contributed by atoms with Gasteiger partial charge in [0.05, 0.1) is 0 Å². The highest BCUT2D eigenvalue weighted by Gasteiger charge is 2.07. The Morgan fingerprint density at radius 1 is 1.43 bits per heavy atom. The minimum atomic E-state index is 0.746. The fourth-order valence-electron chi connectivity index (χ4n) is 1.35. The summed E-state index contributed by atoms with van der Waals surface area (Å²) in [5.74, 6) is 1.00. The summed E-state index contributed by atoms with van der Waals surface area (Å²) in [6.07, 6.45) is 6.91. The van der Waals surface area contributed by atoms with Crippen LogP contribution >= 0.6 is 15.9 Å².